The lowest BCUT2D eigenvalue weighted by atomic mass is 10.3. The molecule has 9 heavy (non-hydrogen) atoms. The first-order chi connectivity index (χ1) is 4.38. The molecule has 0 aliphatic carbocycles. The lowest BCUT2D eigenvalue weighted by Crippen LogP contribution is -1.92. The fourth-order valence-electron chi connectivity index (χ4n) is 1.08. The SMILES string of the molecule is O[C@H]1CCn2cnnc21. The van der Waals surface area contributed by atoms with Crippen molar-refractivity contribution in [2.75, 3.05) is 0 Å². The van der Waals surface area contributed by atoms with E-state index < -0.39 is 0 Å². The van der Waals surface area contributed by atoms with E-state index in [9.17, 15) is 0 Å². The van der Waals surface area contributed by atoms with Crippen LogP contribution in [0.4, 0.5) is 0 Å². The first-order valence-corrected chi connectivity index (χ1v) is 2.93. The van der Waals surface area contributed by atoms with Crippen LogP contribution in [0, 0.1) is 0 Å². The Balaban J connectivity index is 2.49. The summed E-state index contributed by atoms with van der Waals surface area (Å²) in [4.78, 5) is 0. The van der Waals surface area contributed by atoms with Gasteiger partial charge in [0, 0.05) is 6.54 Å². The van der Waals surface area contributed by atoms with E-state index in [0.29, 0.717) is 5.82 Å². The van der Waals surface area contributed by atoms with Gasteiger partial charge in [0.2, 0.25) is 0 Å². The smallest absolute Gasteiger partial charge is 0.161 e. The minimum absolute atomic E-state index is 0.382. The fourth-order valence-corrected chi connectivity index (χ4v) is 1.08. The molecule has 0 fully saturated rings. The van der Waals surface area contributed by atoms with Crippen LogP contribution < -0.4 is 0 Å². The summed E-state index contributed by atoms with van der Waals surface area (Å²) < 4.78 is 1.87. The van der Waals surface area contributed by atoms with Gasteiger partial charge >= 0.3 is 0 Å². The van der Waals surface area contributed by atoms with Gasteiger partial charge in [0.05, 0.1) is 0 Å². The maximum absolute atomic E-state index is 9.15. The summed E-state index contributed by atoms with van der Waals surface area (Å²) in [6.07, 6.45) is 2.05. The number of rotatable bonds is 0. The maximum Gasteiger partial charge on any atom is 0.161 e. The Morgan fingerprint density at radius 3 is 3.44 bits per heavy atom. The Hall–Kier alpha value is -0.900. The zero-order valence-electron chi connectivity index (χ0n) is 4.86. The number of hydrogen-bond acceptors (Lipinski definition) is 3. The van der Waals surface area contributed by atoms with Crippen molar-refractivity contribution in [3.05, 3.63) is 12.2 Å². The molecular formula is C5H7N3O. The van der Waals surface area contributed by atoms with Crippen LogP contribution in [0.5, 0.6) is 0 Å². The number of aliphatic hydroxyl groups excluding tert-OH is 1. The maximum atomic E-state index is 9.15. The number of aliphatic hydroxyl groups is 1. The monoisotopic (exact) mass is 125 g/mol. The average molecular weight is 125 g/mol. The Morgan fingerprint density at radius 2 is 2.67 bits per heavy atom. The summed E-state index contributed by atoms with van der Waals surface area (Å²) in [6, 6.07) is 0. The highest BCUT2D eigenvalue weighted by molar-refractivity contribution is 4.95. The second-order valence-electron chi connectivity index (χ2n) is 2.19. The van der Waals surface area contributed by atoms with Gasteiger partial charge in [-0.15, -0.1) is 10.2 Å². The molecule has 48 valence electrons. The Labute approximate surface area is 52.1 Å². The quantitative estimate of drug-likeness (QED) is 0.518. The zero-order valence-corrected chi connectivity index (χ0v) is 4.86. The second kappa shape index (κ2) is 1.54. The third kappa shape index (κ3) is 0.564. The molecule has 0 spiro atoms. The van der Waals surface area contributed by atoms with Crippen LogP contribution in [0.2, 0.25) is 0 Å². The van der Waals surface area contributed by atoms with Gasteiger partial charge in [-0.05, 0) is 6.42 Å². The number of fused-ring (bicyclic) bond motifs is 1. The molecule has 0 saturated carbocycles. The lowest BCUT2D eigenvalue weighted by molar-refractivity contribution is 0.175. The number of hydrogen-bond donors (Lipinski definition) is 1. The minimum atomic E-state index is -0.382. The summed E-state index contributed by atoms with van der Waals surface area (Å²) in [6.45, 7) is 0.851. The largest absolute Gasteiger partial charge is 0.385 e. The van der Waals surface area contributed by atoms with Crippen molar-refractivity contribution in [1.82, 2.24) is 14.8 Å². The minimum Gasteiger partial charge on any atom is -0.385 e. The van der Waals surface area contributed by atoms with Gasteiger partial charge < -0.3 is 9.67 Å². The molecule has 0 saturated heterocycles. The van der Waals surface area contributed by atoms with Crippen molar-refractivity contribution >= 4 is 0 Å². The van der Waals surface area contributed by atoms with E-state index in [1.54, 1.807) is 6.33 Å². The van der Waals surface area contributed by atoms with E-state index in [1.165, 1.54) is 0 Å². The van der Waals surface area contributed by atoms with E-state index in [1.807, 2.05) is 4.57 Å². The summed E-state index contributed by atoms with van der Waals surface area (Å²) >= 11 is 0. The van der Waals surface area contributed by atoms with Crippen LogP contribution in [-0.4, -0.2) is 19.9 Å². The molecule has 0 radical (unpaired) electrons. The Morgan fingerprint density at radius 1 is 1.78 bits per heavy atom. The third-order valence-electron chi connectivity index (χ3n) is 1.59. The van der Waals surface area contributed by atoms with E-state index >= 15 is 0 Å². The van der Waals surface area contributed by atoms with Crippen LogP contribution >= 0.6 is 0 Å². The molecule has 0 aromatic carbocycles. The highest BCUT2D eigenvalue weighted by Crippen LogP contribution is 2.21. The molecule has 4 nitrogen and oxygen atoms in total. The topological polar surface area (TPSA) is 50.9 Å². The molecule has 2 heterocycles. The standard InChI is InChI=1S/C5H7N3O/c9-4-1-2-8-3-6-7-5(4)8/h3-4,9H,1-2H2/t4-/m0/s1. The highest BCUT2D eigenvalue weighted by Gasteiger charge is 2.21. The molecule has 1 aromatic heterocycles. The van der Waals surface area contributed by atoms with Crippen molar-refractivity contribution in [3.63, 3.8) is 0 Å². The van der Waals surface area contributed by atoms with Gasteiger partial charge in [-0.25, -0.2) is 0 Å². The lowest BCUT2D eigenvalue weighted by Gasteiger charge is -1.92. The summed E-state index contributed by atoms with van der Waals surface area (Å²) in [7, 11) is 0. The summed E-state index contributed by atoms with van der Waals surface area (Å²) in [5, 5.41) is 16.5. The molecular weight excluding hydrogens is 118 g/mol. The average Bonchev–Trinajstić information content (AvgIpc) is 2.35. The van der Waals surface area contributed by atoms with E-state index in [4.69, 9.17) is 5.11 Å². The molecule has 0 unspecified atom stereocenters. The highest BCUT2D eigenvalue weighted by atomic mass is 16.3. The first-order valence-electron chi connectivity index (χ1n) is 2.93. The van der Waals surface area contributed by atoms with Crippen molar-refractivity contribution in [3.8, 4) is 0 Å². The molecule has 0 amide bonds. The third-order valence-corrected chi connectivity index (χ3v) is 1.59. The first kappa shape index (κ1) is 4.93. The summed E-state index contributed by atoms with van der Waals surface area (Å²) in [5.41, 5.74) is 0. The molecule has 1 aliphatic rings. The number of nitrogens with zero attached hydrogens (tertiary/aromatic N) is 3. The Bertz CT molecular complexity index is 220. The van der Waals surface area contributed by atoms with Crippen molar-refractivity contribution in [2.24, 2.45) is 0 Å². The zero-order chi connectivity index (χ0) is 6.27. The van der Waals surface area contributed by atoms with Crippen LogP contribution in [0.3, 0.4) is 0 Å². The molecule has 1 aliphatic heterocycles. The van der Waals surface area contributed by atoms with E-state index in [-0.39, 0.29) is 6.10 Å². The number of aromatic nitrogens is 3. The van der Waals surface area contributed by atoms with Gasteiger partial charge in [0.15, 0.2) is 5.82 Å². The fraction of sp³-hybridized carbons (Fsp3) is 0.600. The molecule has 4 heteroatoms. The molecule has 1 N–H and O–H groups in total. The molecule has 1 aromatic rings. The van der Waals surface area contributed by atoms with Crippen molar-refractivity contribution in [2.45, 2.75) is 19.1 Å². The summed E-state index contributed by atoms with van der Waals surface area (Å²) in [5.74, 6) is 0.704. The van der Waals surface area contributed by atoms with Gasteiger partial charge in [-0.1, -0.05) is 0 Å². The van der Waals surface area contributed by atoms with Gasteiger partial charge in [-0.3, -0.25) is 0 Å². The van der Waals surface area contributed by atoms with Gasteiger partial charge in [0.25, 0.3) is 0 Å². The van der Waals surface area contributed by atoms with Crippen molar-refractivity contribution < 1.29 is 5.11 Å². The predicted molar refractivity (Wildman–Crippen MR) is 29.6 cm³/mol. The van der Waals surface area contributed by atoms with Crippen LogP contribution in [0.1, 0.15) is 18.3 Å². The molecule has 0 bridgehead atoms. The molecule has 2 rings (SSSR count). The Kier molecular flexibility index (Phi) is 0.843. The normalized spacial score (nSPS) is 24.3. The second-order valence-corrected chi connectivity index (χ2v) is 2.19. The van der Waals surface area contributed by atoms with E-state index in [2.05, 4.69) is 10.2 Å². The number of aryl methyl sites for hydroxylation is 1. The van der Waals surface area contributed by atoms with Gasteiger partial charge in [0.1, 0.15) is 12.4 Å². The predicted octanol–water partition coefficient (Wildman–Crippen LogP) is -0.285. The van der Waals surface area contributed by atoms with Crippen LogP contribution in [0.25, 0.3) is 0 Å². The van der Waals surface area contributed by atoms with Crippen LogP contribution in [-0.2, 0) is 6.54 Å². The van der Waals surface area contributed by atoms with Gasteiger partial charge in [-0.2, -0.15) is 0 Å². The van der Waals surface area contributed by atoms with Crippen LogP contribution in [0.15, 0.2) is 6.33 Å². The molecule has 1 atom stereocenters. The van der Waals surface area contributed by atoms with Crippen molar-refractivity contribution in [1.29, 1.82) is 0 Å². The van der Waals surface area contributed by atoms with E-state index in [0.717, 1.165) is 13.0 Å².